The van der Waals surface area contributed by atoms with Crippen molar-refractivity contribution in [3.05, 3.63) is 36.4 Å². The van der Waals surface area contributed by atoms with E-state index in [-0.39, 0.29) is 15.0 Å². The number of rotatable bonds is 2. The summed E-state index contributed by atoms with van der Waals surface area (Å²) in [4.78, 5) is 2.16. The Kier molecular flexibility index (Phi) is 2.92. The van der Waals surface area contributed by atoms with Gasteiger partial charge in [-0.1, -0.05) is 0 Å². The van der Waals surface area contributed by atoms with Gasteiger partial charge in [0, 0.05) is 0 Å². The number of hydrogen-bond donors (Lipinski definition) is 0. The van der Waals surface area contributed by atoms with Gasteiger partial charge >= 0.3 is 72.1 Å². The Hall–Kier alpha value is -1.03. The minimum absolute atomic E-state index is 0.0426. The summed E-state index contributed by atoms with van der Waals surface area (Å²) in [7, 11) is 0. The second-order valence-corrected chi connectivity index (χ2v) is 3.77. The van der Waals surface area contributed by atoms with Gasteiger partial charge < -0.3 is 0 Å². The fourth-order valence-electron chi connectivity index (χ4n) is 0.758. The van der Waals surface area contributed by atoms with Gasteiger partial charge in [-0.15, -0.1) is 0 Å². The van der Waals surface area contributed by atoms with Crippen LogP contribution >= 0.6 is 0 Å². The normalized spacial score (nSPS) is 8.64. The molecule has 54 valence electrons. The fourth-order valence-corrected chi connectivity index (χ4v) is 1.70. The van der Waals surface area contributed by atoms with E-state index in [2.05, 4.69) is 11.5 Å². The minimum atomic E-state index is -0.0426. The third-order valence-electron chi connectivity index (χ3n) is 1.26. The summed E-state index contributed by atoms with van der Waals surface area (Å²) in [5, 5.41) is 8.44. The van der Waals surface area contributed by atoms with Crippen molar-refractivity contribution in [1.29, 1.82) is 5.26 Å². The Balaban J connectivity index is 2.93. The van der Waals surface area contributed by atoms with Crippen molar-refractivity contribution in [2.45, 2.75) is 0 Å². The van der Waals surface area contributed by atoms with E-state index in [9.17, 15) is 0 Å². The molecular formula is C9H7NSe. The fraction of sp³-hybridized carbons (Fsp3) is 0. The summed E-state index contributed by atoms with van der Waals surface area (Å²) in [6.45, 7) is 3.66. The molecule has 0 unspecified atom stereocenters. The molecule has 0 spiro atoms. The topological polar surface area (TPSA) is 23.8 Å². The van der Waals surface area contributed by atoms with Crippen LogP contribution < -0.4 is 4.46 Å². The molecule has 0 atom stereocenters. The van der Waals surface area contributed by atoms with E-state index in [1.807, 2.05) is 24.3 Å². The van der Waals surface area contributed by atoms with Gasteiger partial charge in [0.25, 0.3) is 0 Å². The summed E-state index contributed by atoms with van der Waals surface area (Å²) >= 11 is -0.0426. The van der Waals surface area contributed by atoms with E-state index in [0.717, 1.165) is 10.0 Å². The molecule has 1 aromatic rings. The second kappa shape index (κ2) is 3.98. The Bertz CT molecular complexity index is 299. The zero-order valence-corrected chi connectivity index (χ0v) is 7.66. The summed E-state index contributed by atoms with van der Waals surface area (Å²) < 4.78 is 1.11. The molecule has 0 bridgehead atoms. The van der Waals surface area contributed by atoms with Crippen molar-refractivity contribution in [3.63, 3.8) is 0 Å². The third kappa shape index (κ3) is 2.23. The van der Waals surface area contributed by atoms with Crippen LogP contribution in [0.4, 0.5) is 0 Å². The first-order valence-corrected chi connectivity index (χ1v) is 4.86. The molecule has 0 radical (unpaired) electrons. The Morgan fingerprint density at radius 2 is 2.36 bits per heavy atom. The van der Waals surface area contributed by atoms with Gasteiger partial charge in [0.15, 0.2) is 0 Å². The number of nitriles is 1. The molecule has 0 amide bonds. The molecule has 1 nitrogen and oxygen atoms in total. The van der Waals surface area contributed by atoms with E-state index < -0.39 is 0 Å². The molecule has 0 aromatic heterocycles. The van der Waals surface area contributed by atoms with Crippen LogP contribution in [0.1, 0.15) is 5.56 Å². The molecule has 1 rings (SSSR count). The summed E-state index contributed by atoms with van der Waals surface area (Å²) in [5.74, 6) is 0. The maximum atomic E-state index is 8.44. The predicted molar refractivity (Wildman–Crippen MR) is 47.5 cm³/mol. The standard InChI is InChI=1S/C9H7NSe/c1-2-8-4-3-5-9(6-8)11-7-10/h2-6H,1H2. The van der Waals surface area contributed by atoms with E-state index in [0.29, 0.717) is 0 Å². The Morgan fingerprint density at radius 3 is 3.00 bits per heavy atom. The van der Waals surface area contributed by atoms with E-state index >= 15 is 0 Å². The zero-order chi connectivity index (χ0) is 8.10. The van der Waals surface area contributed by atoms with Crippen LogP contribution in [0.3, 0.4) is 0 Å². The molecule has 11 heavy (non-hydrogen) atoms. The van der Waals surface area contributed by atoms with Crippen LogP contribution in [-0.4, -0.2) is 15.0 Å². The van der Waals surface area contributed by atoms with Gasteiger partial charge in [0.1, 0.15) is 0 Å². The molecule has 2 heteroatoms. The van der Waals surface area contributed by atoms with E-state index in [4.69, 9.17) is 5.26 Å². The monoisotopic (exact) mass is 209 g/mol. The van der Waals surface area contributed by atoms with Crippen LogP contribution in [-0.2, 0) is 0 Å². The zero-order valence-electron chi connectivity index (χ0n) is 5.95. The van der Waals surface area contributed by atoms with Gasteiger partial charge in [0.2, 0.25) is 0 Å². The van der Waals surface area contributed by atoms with Crippen molar-refractivity contribution in [3.8, 4) is 4.97 Å². The second-order valence-electron chi connectivity index (χ2n) is 1.97. The van der Waals surface area contributed by atoms with Crippen molar-refractivity contribution >= 4 is 25.5 Å². The molecule has 0 saturated heterocycles. The molecule has 0 aliphatic rings. The molecule has 0 saturated carbocycles. The molecular weight excluding hydrogens is 201 g/mol. The van der Waals surface area contributed by atoms with Crippen molar-refractivity contribution in [2.24, 2.45) is 0 Å². The summed E-state index contributed by atoms with van der Waals surface area (Å²) in [6.07, 6.45) is 1.79. The average molecular weight is 208 g/mol. The van der Waals surface area contributed by atoms with E-state index in [1.54, 1.807) is 6.08 Å². The molecule has 0 N–H and O–H groups in total. The number of nitrogens with zero attached hydrogens (tertiary/aromatic N) is 1. The predicted octanol–water partition coefficient (Wildman–Crippen LogP) is 1.14. The average Bonchev–Trinajstić information content (AvgIpc) is 2.06. The van der Waals surface area contributed by atoms with Crippen LogP contribution in [0.5, 0.6) is 0 Å². The van der Waals surface area contributed by atoms with Gasteiger partial charge in [-0.3, -0.25) is 0 Å². The third-order valence-corrected chi connectivity index (χ3v) is 2.48. The van der Waals surface area contributed by atoms with Gasteiger partial charge in [-0.2, -0.15) is 0 Å². The Labute approximate surface area is 72.5 Å². The van der Waals surface area contributed by atoms with Crippen LogP contribution in [0, 0.1) is 10.2 Å². The van der Waals surface area contributed by atoms with Crippen LogP contribution in [0.2, 0.25) is 0 Å². The SMILES string of the molecule is C=Cc1cccc([Se]C#N)c1. The summed E-state index contributed by atoms with van der Waals surface area (Å²) in [6, 6.07) is 7.89. The Morgan fingerprint density at radius 1 is 1.55 bits per heavy atom. The molecule has 1 aromatic carbocycles. The van der Waals surface area contributed by atoms with Crippen molar-refractivity contribution in [2.75, 3.05) is 0 Å². The molecule has 0 fully saturated rings. The quantitative estimate of drug-likeness (QED) is 0.668. The van der Waals surface area contributed by atoms with Crippen LogP contribution in [0.15, 0.2) is 30.8 Å². The number of hydrogen-bond acceptors (Lipinski definition) is 1. The molecule has 0 aliphatic carbocycles. The first-order chi connectivity index (χ1) is 5.36. The molecule has 0 heterocycles. The van der Waals surface area contributed by atoms with Gasteiger partial charge in [0.05, 0.1) is 0 Å². The summed E-state index contributed by atoms with van der Waals surface area (Å²) in [5.41, 5.74) is 1.08. The first-order valence-electron chi connectivity index (χ1n) is 3.15. The number of benzene rings is 1. The van der Waals surface area contributed by atoms with Crippen LogP contribution in [0.25, 0.3) is 6.08 Å². The van der Waals surface area contributed by atoms with Crippen molar-refractivity contribution < 1.29 is 0 Å². The van der Waals surface area contributed by atoms with Crippen molar-refractivity contribution in [1.82, 2.24) is 0 Å². The maximum absolute atomic E-state index is 8.44. The first kappa shape index (κ1) is 8.07. The van der Waals surface area contributed by atoms with Gasteiger partial charge in [-0.25, -0.2) is 0 Å². The van der Waals surface area contributed by atoms with Gasteiger partial charge in [-0.05, 0) is 0 Å². The van der Waals surface area contributed by atoms with E-state index in [1.165, 1.54) is 0 Å². The molecule has 0 aliphatic heterocycles.